The Balaban J connectivity index is 1.77. The molecule has 1 aromatic carbocycles. The molecule has 1 N–H and O–H groups in total. The van der Waals surface area contributed by atoms with E-state index in [0.717, 1.165) is 38.2 Å². The lowest BCUT2D eigenvalue weighted by Gasteiger charge is -2.20. The third-order valence-corrected chi connectivity index (χ3v) is 5.39. The second-order valence-corrected chi connectivity index (χ2v) is 7.76. The zero-order chi connectivity index (χ0) is 21.5. The van der Waals surface area contributed by atoms with Gasteiger partial charge in [-0.2, -0.15) is 5.10 Å². The molecular weight excluding hydrogens is 400 g/mol. The van der Waals surface area contributed by atoms with E-state index in [4.69, 9.17) is 16.0 Å². The van der Waals surface area contributed by atoms with Crippen molar-refractivity contribution in [1.29, 1.82) is 0 Å². The molecule has 0 bridgehead atoms. The molecule has 0 saturated heterocycles. The van der Waals surface area contributed by atoms with Crippen molar-refractivity contribution in [2.45, 2.75) is 39.7 Å². The van der Waals surface area contributed by atoms with Gasteiger partial charge in [0, 0.05) is 17.1 Å². The van der Waals surface area contributed by atoms with Crippen LogP contribution in [0.25, 0.3) is 17.1 Å². The van der Waals surface area contributed by atoms with E-state index in [0.29, 0.717) is 22.2 Å². The van der Waals surface area contributed by atoms with Gasteiger partial charge in [-0.3, -0.25) is 4.79 Å². The fourth-order valence-electron chi connectivity index (χ4n) is 3.42. The first-order valence-corrected chi connectivity index (χ1v) is 10.8. The highest BCUT2D eigenvalue weighted by molar-refractivity contribution is 6.30. The van der Waals surface area contributed by atoms with E-state index in [1.807, 2.05) is 25.1 Å². The number of aromatic nitrogens is 2. The van der Waals surface area contributed by atoms with Crippen LogP contribution in [-0.2, 0) is 0 Å². The van der Waals surface area contributed by atoms with Gasteiger partial charge in [-0.05, 0) is 69.7 Å². The third-order valence-electron chi connectivity index (χ3n) is 5.15. The van der Waals surface area contributed by atoms with E-state index < -0.39 is 0 Å². The van der Waals surface area contributed by atoms with Crippen molar-refractivity contribution < 1.29 is 9.21 Å². The van der Waals surface area contributed by atoms with Gasteiger partial charge >= 0.3 is 0 Å². The summed E-state index contributed by atoms with van der Waals surface area (Å²) in [6.07, 6.45) is 3.54. The summed E-state index contributed by atoms with van der Waals surface area (Å²) in [5.74, 6) is 0.438. The molecule has 0 aliphatic heterocycles. The first-order chi connectivity index (χ1) is 14.5. The standard InChI is InChI=1S/C23H29ClN4O2/c1-4-27(5-2)13-7-9-17(3)25-23(29)21-16-20(22-12-8-14-30-22)26-28(21)19-11-6-10-18(24)15-19/h6,8,10-12,14-17H,4-5,7,9,13H2,1-3H3,(H,25,29). The number of nitrogens with zero attached hydrogens (tertiary/aromatic N) is 3. The topological polar surface area (TPSA) is 63.3 Å². The molecule has 1 unspecified atom stereocenters. The SMILES string of the molecule is CCN(CC)CCCC(C)NC(=O)c1cc(-c2ccco2)nn1-c1cccc(Cl)c1. The maximum atomic E-state index is 13.1. The van der Waals surface area contributed by atoms with Crippen LogP contribution in [0.4, 0.5) is 0 Å². The maximum absolute atomic E-state index is 13.1. The Labute approximate surface area is 182 Å². The molecule has 0 aliphatic carbocycles. The summed E-state index contributed by atoms with van der Waals surface area (Å²) in [5.41, 5.74) is 1.76. The molecule has 160 valence electrons. The molecule has 6 nitrogen and oxygen atoms in total. The minimum atomic E-state index is -0.171. The van der Waals surface area contributed by atoms with Crippen LogP contribution in [0.1, 0.15) is 44.1 Å². The van der Waals surface area contributed by atoms with Crippen LogP contribution < -0.4 is 5.32 Å². The highest BCUT2D eigenvalue weighted by Crippen LogP contribution is 2.23. The molecule has 1 atom stereocenters. The number of halogens is 1. The number of rotatable bonds is 10. The Bertz CT molecular complexity index is 948. The molecule has 2 heterocycles. The number of amides is 1. The molecule has 0 spiro atoms. The van der Waals surface area contributed by atoms with Gasteiger partial charge in [0.15, 0.2) is 5.76 Å². The lowest BCUT2D eigenvalue weighted by molar-refractivity contribution is 0.0929. The fraction of sp³-hybridized carbons (Fsp3) is 0.391. The molecule has 0 fully saturated rings. The predicted molar refractivity (Wildman–Crippen MR) is 120 cm³/mol. The van der Waals surface area contributed by atoms with E-state index in [9.17, 15) is 4.79 Å². The summed E-state index contributed by atoms with van der Waals surface area (Å²) < 4.78 is 7.08. The third kappa shape index (κ3) is 5.52. The first-order valence-electron chi connectivity index (χ1n) is 10.4. The molecular formula is C23H29ClN4O2. The molecule has 3 rings (SSSR count). The monoisotopic (exact) mass is 428 g/mol. The first kappa shape index (κ1) is 22.1. The Hall–Kier alpha value is -2.57. The minimum Gasteiger partial charge on any atom is -0.463 e. The highest BCUT2D eigenvalue weighted by Gasteiger charge is 2.20. The van der Waals surface area contributed by atoms with E-state index in [1.165, 1.54) is 0 Å². The average molecular weight is 429 g/mol. The Morgan fingerprint density at radius 1 is 1.23 bits per heavy atom. The normalized spacial score (nSPS) is 12.3. The largest absolute Gasteiger partial charge is 0.463 e. The van der Waals surface area contributed by atoms with Gasteiger partial charge in [-0.1, -0.05) is 31.5 Å². The van der Waals surface area contributed by atoms with Crippen LogP contribution in [-0.4, -0.2) is 46.3 Å². The number of benzene rings is 1. The number of nitrogens with one attached hydrogen (secondary N) is 1. The second-order valence-electron chi connectivity index (χ2n) is 7.33. The zero-order valence-electron chi connectivity index (χ0n) is 17.8. The molecule has 0 aliphatic rings. The van der Waals surface area contributed by atoms with Gasteiger partial charge in [0.2, 0.25) is 0 Å². The van der Waals surface area contributed by atoms with E-state index >= 15 is 0 Å². The lowest BCUT2D eigenvalue weighted by Crippen LogP contribution is -2.34. The van der Waals surface area contributed by atoms with Crippen molar-refractivity contribution in [2.24, 2.45) is 0 Å². The van der Waals surface area contributed by atoms with Crippen LogP contribution in [0.15, 0.2) is 53.1 Å². The van der Waals surface area contributed by atoms with Crippen LogP contribution in [0.2, 0.25) is 5.02 Å². The van der Waals surface area contributed by atoms with Gasteiger partial charge in [0.05, 0.1) is 12.0 Å². The lowest BCUT2D eigenvalue weighted by atomic mass is 10.1. The smallest absolute Gasteiger partial charge is 0.270 e. The predicted octanol–water partition coefficient (Wildman–Crippen LogP) is 5.03. The summed E-state index contributed by atoms with van der Waals surface area (Å²) in [6.45, 7) is 9.51. The number of hydrogen-bond donors (Lipinski definition) is 1. The molecule has 1 amide bonds. The summed E-state index contributed by atoms with van der Waals surface area (Å²) in [5, 5.41) is 8.29. The molecule has 7 heteroatoms. The zero-order valence-corrected chi connectivity index (χ0v) is 18.5. The van der Waals surface area contributed by atoms with E-state index in [-0.39, 0.29) is 11.9 Å². The number of carbonyl (C=O) groups excluding carboxylic acids is 1. The van der Waals surface area contributed by atoms with E-state index in [1.54, 1.807) is 35.2 Å². The van der Waals surface area contributed by atoms with Gasteiger partial charge in [0.1, 0.15) is 11.4 Å². The summed E-state index contributed by atoms with van der Waals surface area (Å²) >= 11 is 6.16. The number of furan rings is 1. The van der Waals surface area contributed by atoms with Crippen LogP contribution in [0.3, 0.4) is 0 Å². The van der Waals surface area contributed by atoms with E-state index in [2.05, 4.69) is 29.2 Å². The Morgan fingerprint density at radius 3 is 2.70 bits per heavy atom. The molecule has 2 aromatic heterocycles. The van der Waals surface area contributed by atoms with Crippen molar-refractivity contribution >= 4 is 17.5 Å². The molecule has 30 heavy (non-hydrogen) atoms. The Morgan fingerprint density at radius 2 is 2.03 bits per heavy atom. The van der Waals surface area contributed by atoms with Crippen molar-refractivity contribution in [2.75, 3.05) is 19.6 Å². The van der Waals surface area contributed by atoms with Crippen molar-refractivity contribution in [1.82, 2.24) is 20.0 Å². The molecule has 3 aromatic rings. The second kappa shape index (κ2) is 10.5. The average Bonchev–Trinajstić information content (AvgIpc) is 3.41. The molecule has 0 radical (unpaired) electrons. The van der Waals surface area contributed by atoms with Crippen molar-refractivity contribution in [3.05, 3.63) is 59.4 Å². The van der Waals surface area contributed by atoms with Crippen molar-refractivity contribution in [3.8, 4) is 17.1 Å². The van der Waals surface area contributed by atoms with Gasteiger partial charge in [-0.25, -0.2) is 4.68 Å². The maximum Gasteiger partial charge on any atom is 0.270 e. The van der Waals surface area contributed by atoms with Gasteiger partial charge < -0.3 is 14.6 Å². The highest BCUT2D eigenvalue weighted by atomic mass is 35.5. The fourth-order valence-corrected chi connectivity index (χ4v) is 3.61. The van der Waals surface area contributed by atoms with Gasteiger partial charge in [-0.15, -0.1) is 0 Å². The quantitative estimate of drug-likeness (QED) is 0.492. The number of carbonyl (C=O) groups is 1. The minimum absolute atomic E-state index is 0.0582. The summed E-state index contributed by atoms with van der Waals surface area (Å²) in [4.78, 5) is 15.5. The van der Waals surface area contributed by atoms with Crippen LogP contribution in [0.5, 0.6) is 0 Å². The summed E-state index contributed by atoms with van der Waals surface area (Å²) in [7, 11) is 0. The van der Waals surface area contributed by atoms with Gasteiger partial charge in [0.25, 0.3) is 5.91 Å². The van der Waals surface area contributed by atoms with Crippen molar-refractivity contribution in [3.63, 3.8) is 0 Å². The van der Waals surface area contributed by atoms with Crippen LogP contribution in [0, 0.1) is 0 Å². The number of hydrogen-bond acceptors (Lipinski definition) is 4. The molecule has 0 saturated carbocycles. The summed E-state index contributed by atoms with van der Waals surface area (Å²) in [6, 6.07) is 12.7. The van der Waals surface area contributed by atoms with Crippen LogP contribution >= 0.6 is 11.6 Å². The Kier molecular flexibility index (Phi) is 7.71.